The molecule has 0 bridgehead atoms. The van der Waals surface area contributed by atoms with Crippen LogP contribution < -0.4 is 4.72 Å². The van der Waals surface area contributed by atoms with Crippen LogP contribution in [0.25, 0.3) is 0 Å². The average Bonchev–Trinajstić information content (AvgIpc) is 3.20. The van der Waals surface area contributed by atoms with Crippen LogP contribution in [0.15, 0.2) is 10.4 Å². The van der Waals surface area contributed by atoms with E-state index in [4.69, 9.17) is 0 Å². The molecule has 6 nitrogen and oxygen atoms in total. The number of aromatic nitrogens is 1. The molecule has 1 aliphatic carbocycles. The van der Waals surface area contributed by atoms with E-state index >= 15 is 0 Å². The minimum atomic E-state index is -3.48. The molecule has 1 aliphatic heterocycles. The maximum Gasteiger partial charge on any atom is 0.251 e. The Labute approximate surface area is 128 Å². The minimum Gasteiger partial charge on any atom is -0.342 e. The van der Waals surface area contributed by atoms with Crippen molar-refractivity contribution in [3.63, 3.8) is 0 Å². The molecule has 0 atom stereocenters. The van der Waals surface area contributed by atoms with Crippen molar-refractivity contribution in [1.29, 1.82) is 0 Å². The summed E-state index contributed by atoms with van der Waals surface area (Å²) in [5, 5.41) is 0.736. The normalized spacial score (nSPS) is 20.7. The van der Waals surface area contributed by atoms with Crippen molar-refractivity contribution >= 4 is 27.3 Å². The van der Waals surface area contributed by atoms with Gasteiger partial charge in [-0.05, 0) is 32.6 Å². The SMILES string of the molecule is Cc1ncc(S(=O)(=O)NC2CCN(C(=O)C3CC3)CC2)s1. The van der Waals surface area contributed by atoms with Gasteiger partial charge in [0.15, 0.2) is 4.21 Å². The number of thiazole rings is 1. The Morgan fingerprint density at radius 2 is 2.00 bits per heavy atom. The third-order valence-electron chi connectivity index (χ3n) is 3.92. The van der Waals surface area contributed by atoms with E-state index in [0.29, 0.717) is 25.9 Å². The van der Waals surface area contributed by atoms with Gasteiger partial charge in [-0.3, -0.25) is 4.79 Å². The third kappa shape index (κ3) is 3.44. The number of piperidine rings is 1. The molecule has 1 saturated carbocycles. The van der Waals surface area contributed by atoms with E-state index in [1.54, 1.807) is 6.92 Å². The molecule has 1 amide bonds. The largest absolute Gasteiger partial charge is 0.342 e. The molecular formula is C13H19N3O3S2. The summed E-state index contributed by atoms with van der Waals surface area (Å²) in [5.74, 6) is 0.479. The lowest BCUT2D eigenvalue weighted by molar-refractivity contribution is -0.133. The van der Waals surface area contributed by atoms with Crippen LogP contribution in [0.3, 0.4) is 0 Å². The molecule has 2 fully saturated rings. The molecule has 0 unspecified atom stereocenters. The third-order valence-corrected chi connectivity index (χ3v) is 6.81. The average molecular weight is 329 g/mol. The van der Waals surface area contributed by atoms with E-state index in [1.807, 2.05) is 4.90 Å². The Kier molecular flexibility index (Phi) is 4.02. The number of carbonyl (C=O) groups excluding carboxylic acids is 1. The Morgan fingerprint density at radius 3 is 2.52 bits per heavy atom. The number of hydrogen-bond acceptors (Lipinski definition) is 5. The van der Waals surface area contributed by atoms with Gasteiger partial charge in [0.25, 0.3) is 10.0 Å². The molecule has 1 N–H and O–H groups in total. The molecule has 1 saturated heterocycles. The van der Waals surface area contributed by atoms with Crippen LogP contribution in [0.1, 0.15) is 30.7 Å². The molecule has 21 heavy (non-hydrogen) atoms. The number of nitrogens with zero attached hydrogens (tertiary/aromatic N) is 2. The van der Waals surface area contributed by atoms with Crippen molar-refractivity contribution in [2.45, 2.75) is 42.9 Å². The molecular weight excluding hydrogens is 310 g/mol. The summed E-state index contributed by atoms with van der Waals surface area (Å²) in [6.07, 6.45) is 4.77. The van der Waals surface area contributed by atoms with Gasteiger partial charge < -0.3 is 4.90 Å². The maximum absolute atomic E-state index is 12.2. The van der Waals surface area contributed by atoms with Gasteiger partial charge >= 0.3 is 0 Å². The zero-order valence-electron chi connectivity index (χ0n) is 11.9. The number of hydrogen-bond donors (Lipinski definition) is 1. The summed E-state index contributed by atoms with van der Waals surface area (Å²) in [7, 11) is -3.48. The molecule has 2 aliphatic rings. The highest BCUT2D eigenvalue weighted by Crippen LogP contribution is 2.32. The van der Waals surface area contributed by atoms with Crippen LogP contribution in [0.4, 0.5) is 0 Å². The van der Waals surface area contributed by atoms with Gasteiger partial charge in [-0.2, -0.15) is 0 Å². The highest BCUT2D eigenvalue weighted by Gasteiger charge is 2.35. The minimum absolute atomic E-state index is 0.0966. The van der Waals surface area contributed by atoms with Gasteiger partial charge in [-0.1, -0.05) is 0 Å². The molecule has 2 heterocycles. The van der Waals surface area contributed by atoms with E-state index in [-0.39, 0.29) is 22.1 Å². The van der Waals surface area contributed by atoms with Crippen molar-refractivity contribution in [1.82, 2.24) is 14.6 Å². The zero-order chi connectivity index (χ0) is 15.0. The Balaban J connectivity index is 1.56. The zero-order valence-corrected chi connectivity index (χ0v) is 13.5. The monoisotopic (exact) mass is 329 g/mol. The number of rotatable bonds is 4. The first kappa shape index (κ1) is 14.9. The first-order valence-electron chi connectivity index (χ1n) is 7.19. The molecule has 1 aromatic heterocycles. The van der Waals surface area contributed by atoms with Crippen LogP contribution in [-0.4, -0.2) is 43.3 Å². The Hall–Kier alpha value is -0.990. The van der Waals surface area contributed by atoms with Gasteiger partial charge in [-0.25, -0.2) is 18.1 Å². The first-order chi connectivity index (χ1) is 9.95. The summed E-state index contributed by atoms with van der Waals surface area (Å²) in [6, 6.07) is -0.0966. The second-order valence-corrected chi connectivity index (χ2v) is 8.87. The van der Waals surface area contributed by atoms with Crippen LogP contribution in [0, 0.1) is 12.8 Å². The summed E-state index contributed by atoms with van der Waals surface area (Å²) >= 11 is 1.17. The van der Waals surface area contributed by atoms with Crippen molar-refractivity contribution in [3.8, 4) is 0 Å². The molecule has 8 heteroatoms. The quantitative estimate of drug-likeness (QED) is 0.898. The molecule has 116 valence electrons. The predicted octanol–water partition coefficient (Wildman–Crippen LogP) is 1.13. The highest BCUT2D eigenvalue weighted by atomic mass is 32.2. The smallest absolute Gasteiger partial charge is 0.251 e. The summed E-state index contributed by atoms with van der Waals surface area (Å²) in [6.45, 7) is 3.07. The number of sulfonamides is 1. The molecule has 0 aromatic carbocycles. The van der Waals surface area contributed by atoms with Crippen LogP contribution in [-0.2, 0) is 14.8 Å². The predicted molar refractivity (Wildman–Crippen MR) is 79.5 cm³/mol. The number of aryl methyl sites for hydroxylation is 1. The number of likely N-dealkylation sites (tertiary alicyclic amines) is 1. The van der Waals surface area contributed by atoms with Gasteiger partial charge in [0.2, 0.25) is 5.91 Å². The van der Waals surface area contributed by atoms with E-state index in [9.17, 15) is 13.2 Å². The van der Waals surface area contributed by atoms with Gasteiger partial charge in [0.05, 0.1) is 11.2 Å². The van der Waals surface area contributed by atoms with Crippen molar-refractivity contribution in [2.75, 3.05) is 13.1 Å². The van der Waals surface area contributed by atoms with E-state index < -0.39 is 10.0 Å². The molecule has 0 radical (unpaired) electrons. The second-order valence-electron chi connectivity index (χ2n) is 5.69. The topological polar surface area (TPSA) is 79.4 Å². The summed E-state index contributed by atoms with van der Waals surface area (Å²) in [5.41, 5.74) is 0. The fourth-order valence-corrected chi connectivity index (χ4v) is 4.98. The van der Waals surface area contributed by atoms with Crippen molar-refractivity contribution in [2.24, 2.45) is 5.92 Å². The molecule has 0 spiro atoms. The van der Waals surface area contributed by atoms with E-state index in [1.165, 1.54) is 17.5 Å². The standard InChI is InChI=1S/C13H19N3O3S2/c1-9-14-8-12(20-9)21(18,19)15-11-4-6-16(7-5-11)13(17)10-2-3-10/h8,10-11,15H,2-7H2,1H3. The van der Waals surface area contributed by atoms with Crippen molar-refractivity contribution < 1.29 is 13.2 Å². The first-order valence-corrected chi connectivity index (χ1v) is 9.49. The molecule has 1 aromatic rings. The van der Waals surface area contributed by atoms with Gasteiger partial charge in [0.1, 0.15) is 0 Å². The van der Waals surface area contributed by atoms with Crippen LogP contribution in [0.2, 0.25) is 0 Å². The van der Waals surface area contributed by atoms with Crippen molar-refractivity contribution in [3.05, 3.63) is 11.2 Å². The Bertz CT molecular complexity index is 629. The number of nitrogens with one attached hydrogen (secondary N) is 1. The molecule has 3 rings (SSSR count). The van der Waals surface area contributed by atoms with E-state index in [2.05, 4.69) is 9.71 Å². The summed E-state index contributed by atoms with van der Waals surface area (Å²) < 4.78 is 27.4. The summed E-state index contributed by atoms with van der Waals surface area (Å²) in [4.78, 5) is 17.8. The second kappa shape index (κ2) is 5.66. The number of carbonyl (C=O) groups is 1. The Morgan fingerprint density at radius 1 is 1.33 bits per heavy atom. The lowest BCUT2D eigenvalue weighted by Gasteiger charge is -2.32. The number of amides is 1. The maximum atomic E-state index is 12.2. The van der Waals surface area contributed by atoms with Crippen LogP contribution >= 0.6 is 11.3 Å². The lowest BCUT2D eigenvalue weighted by Crippen LogP contribution is -2.46. The lowest BCUT2D eigenvalue weighted by atomic mass is 10.1. The van der Waals surface area contributed by atoms with Gasteiger partial charge in [-0.15, -0.1) is 11.3 Å². The van der Waals surface area contributed by atoms with Crippen LogP contribution in [0.5, 0.6) is 0 Å². The van der Waals surface area contributed by atoms with E-state index in [0.717, 1.165) is 17.8 Å². The fraction of sp³-hybridized carbons (Fsp3) is 0.692. The highest BCUT2D eigenvalue weighted by molar-refractivity contribution is 7.91. The fourth-order valence-electron chi connectivity index (χ4n) is 2.55. The van der Waals surface area contributed by atoms with Gasteiger partial charge in [0, 0.05) is 25.0 Å².